The van der Waals surface area contributed by atoms with Gasteiger partial charge in [0.15, 0.2) is 0 Å². The number of para-hydroxylation sites is 1. The monoisotopic (exact) mass is 563 g/mol. The van der Waals surface area contributed by atoms with Crippen LogP contribution in [0.15, 0.2) is 97.1 Å². The molecule has 0 fully saturated rings. The van der Waals surface area contributed by atoms with Crippen LogP contribution in [0.25, 0.3) is 0 Å². The van der Waals surface area contributed by atoms with Crippen molar-refractivity contribution in [1.82, 2.24) is 10.6 Å². The Morgan fingerprint density at radius 3 is 2.10 bits per heavy atom. The number of amides is 3. The van der Waals surface area contributed by atoms with Crippen LogP contribution in [-0.4, -0.2) is 42.5 Å². The molecule has 9 heteroatoms. The van der Waals surface area contributed by atoms with Crippen LogP contribution in [0.2, 0.25) is 0 Å². The summed E-state index contributed by atoms with van der Waals surface area (Å²) in [6.07, 6.45) is -3.30. The fraction of sp³-hybridized carbons (Fsp3) is 0.281. The minimum absolute atomic E-state index is 0.0728. The Morgan fingerprint density at radius 1 is 0.829 bits per heavy atom. The Labute approximate surface area is 237 Å². The van der Waals surface area contributed by atoms with Gasteiger partial charge < -0.3 is 15.5 Å². The summed E-state index contributed by atoms with van der Waals surface area (Å²) in [5, 5.41) is 4.48. The molecule has 2 N–H and O–H groups in total. The van der Waals surface area contributed by atoms with Crippen molar-refractivity contribution < 1.29 is 27.6 Å². The molecule has 0 bridgehead atoms. The molecule has 4 rings (SSSR count). The van der Waals surface area contributed by atoms with Crippen molar-refractivity contribution >= 4 is 23.4 Å². The van der Waals surface area contributed by atoms with Crippen molar-refractivity contribution in [2.45, 2.75) is 50.4 Å². The third-order valence-corrected chi connectivity index (χ3v) is 6.94. The van der Waals surface area contributed by atoms with E-state index in [9.17, 15) is 27.6 Å². The second kappa shape index (κ2) is 13.3. The van der Waals surface area contributed by atoms with Crippen molar-refractivity contribution in [1.29, 1.82) is 0 Å². The van der Waals surface area contributed by atoms with Gasteiger partial charge in [-0.05, 0) is 48.4 Å². The fourth-order valence-electron chi connectivity index (χ4n) is 4.97. The van der Waals surface area contributed by atoms with Crippen LogP contribution in [0.5, 0.6) is 0 Å². The molecule has 0 aromatic heterocycles. The molecule has 1 heterocycles. The van der Waals surface area contributed by atoms with Gasteiger partial charge in [-0.3, -0.25) is 14.4 Å². The zero-order chi connectivity index (χ0) is 29.4. The number of benzene rings is 3. The molecule has 0 saturated carbocycles. The Balaban J connectivity index is 1.60. The number of nitrogens with zero attached hydrogens (tertiary/aromatic N) is 1. The van der Waals surface area contributed by atoms with Gasteiger partial charge >= 0.3 is 12.1 Å². The van der Waals surface area contributed by atoms with E-state index in [1.165, 1.54) is 0 Å². The van der Waals surface area contributed by atoms with Crippen LogP contribution in [0.3, 0.4) is 0 Å². The highest BCUT2D eigenvalue weighted by molar-refractivity contribution is 6.01. The molecule has 0 aliphatic carbocycles. The average molecular weight is 564 g/mol. The van der Waals surface area contributed by atoms with E-state index in [0.717, 1.165) is 29.7 Å². The van der Waals surface area contributed by atoms with Crippen LogP contribution in [0.4, 0.5) is 18.9 Å². The van der Waals surface area contributed by atoms with E-state index in [4.69, 9.17) is 0 Å². The Hall–Kier alpha value is -4.40. The van der Waals surface area contributed by atoms with Crippen LogP contribution in [0, 0.1) is 0 Å². The van der Waals surface area contributed by atoms with Crippen molar-refractivity contribution in [3.63, 3.8) is 0 Å². The highest BCUT2D eigenvalue weighted by atomic mass is 19.4. The average Bonchev–Trinajstić information content (AvgIpc) is 2.96. The number of anilines is 1. The summed E-state index contributed by atoms with van der Waals surface area (Å²) in [7, 11) is 0. The van der Waals surface area contributed by atoms with Gasteiger partial charge in [0, 0.05) is 18.7 Å². The lowest BCUT2D eigenvalue weighted by atomic mass is 9.96. The lowest BCUT2D eigenvalue weighted by Crippen LogP contribution is -2.57. The number of aryl methyl sites for hydroxylation is 1. The minimum Gasteiger partial charge on any atom is -0.342 e. The first kappa shape index (κ1) is 29.6. The van der Waals surface area contributed by atoms with Gasteiger partial charge in [0.25, 0.3) is 0 Å². The number of fused-ring (bicyclic) bond motifs is 1. The number of rotatable bonds is 10. The van der Waals surface area contributed by atoms with Crippen LogP contribution < -0.4 is 15.5 Å². The van der Waals surface area contributed by atoms with Crippen LogP contribution >= 0.6 is 0 Å². The van der Waals surface area contributed by atoms with Crippen molar-refractivity contribution in [3.8, 4) is 0 Å². The number of alkyl halides is 3. The summed E-state index contributed by atoms with van der Waals surface area (Å²) in [4.78, 5) is 40.9. The van der Waals surface area contributed by atoms with Gasteiger partial charge in [-0.2, -0.15) is 13.2 Å². The maximum atomic E-state index is 13.9. The van der Waals surface area contributed by atoms with E-state index >= 15 is 0 Å². The lowest BCUT2D eigenvalue weighted by molar-refractivity contribution is -0.174. The SMILES string of the molecule is C=C(Cc1ccccc1)C[C@H](NC(=O)[C@H](Cc1ccccc1)NC(=O)C(F)(F)F)C(=O)N1CCCc2ccccc21. The van der Waals surface area contributed by atoms with Gasteiger partial charge in [0.2, 0.25) is 11.8 Å². The Morgan fingerprint density at radius 2 is 1.44 bits per heavy atom. The normalized spacial score (nSPS) is 14.4. The van der Waals surface area contributed by atoms with E-state index in [-0.39, 0.29) is 18.7 Å². The topological polar surface area (TPSA) is 78.5 Å². The number of hydrogen-bond donors (Lipinski definition) is 2. The highest BCUT2D eigenvalue weighted by Gasteiger charge is 2.41. The first-order valence-corrected chi connectivity index (χ1v) is 13.4. The second-order valence-corrected chi connectivity index (χ2v) is 10.1. The summed E-state index contributed by atoms with van der Waals surface area (Å²) in [5.41, 5.74) is 3.93. The summed E-state index contributed by atoms with van der Waals surface area (Å²) in [6, 6.07) is 22.7. The maximum Gasteiger partial charge on any atom is 0.471 e. The molecule has 6 nitrogen and oxygen atoms in total. The quantitative estimate of drug-likeness (QED) is 0.344. The lowest BCUT2D eigenvalue weighted by Gasteiger charge is -2.33. The first-order valence-electron chi connectivity index (χ1n) is 13.4. The van der Waals surface area contributed by atoms with E-state index in [1.54, 1.807) is 35.2 Å². The first-order chi connectivity index (χ1) is 19.6. The van der Waals surface area contributed by atoms with E-state index in [0.29, 0.717) is 24.1 Å². The van der Waals surface area contributed by atoms with E-state index in [1.807, 2.05) is 59.9 Å². The Bertz CT molecular complexity index is 1380. The molecule has 0 saturated heterocycles. The molecule has 1 aliphatic heterocycles. The molecule has 3 aromatic rings. The van der Waals surface area contributed by atoms with Crippen molar-refractivity contribution in [2.75, 3.05) is 11.4 Å². The molecule has 0 spiro atoms. The molecule has 41 heavy (non-hydrogen) atoms. The molecule has 3 aromatic carbocycles. The smallest absolute Gasteiger partial charge is 0.342 e. The summed E-state index contributed by atoms with van der Waals surface area (Å²) >= 11 is 0. The van der Waals surface area contributed by atoms with Gasteiger partial charge in [-0.15, -0.1) is 0 Å². The summed E-state index contributed by atoms with van der Waals surface area (Å²) in [5.74, 6) is -3.50. The molecule has 0 unspecified atom stereocenters. The Kier molecular flexibility index (Phi) is 9.60. The van der Waals surface area contributed by atoms with Gasteiger partial charge in [-0.1, -0.05) is 91.0 Å². The zero-order valence-corrected chi connectivity index (χ0v) is 22.5. The molecule has 1 aliphatic rings. The largest absolute Gasteiger partial charge is 0.471 e. The van der Waals surface area contributed by atoms with E-state index in [2.05, 4.69) is 11.9 Å². The number of carbonyl (C=O) groups excluding carboxylic acids is 3. The number of halogens is 3. The van der Waals surface area contributed by atoms with Gasteiger partial charge in [-0.25, -0.2) is 0 Å². The van der Waals surface area contributed by atoms with Crippen LogP contribution in [0.1, 0.15) is 29.5 Å². The van der Waals surface area contributed by atoms with Crippen LogP contribution in [-0.2, 0) is 33.6 Å². The predicted octanol–water partition coefficient (Wildman–Crippen LogP) is 4.93. The molecular weight excluding hydrogens is 531 g/mol. The third kappa shape index (κ3) is 8.06. The molecule has 214 valence electrons. The molecule has 2 atom stereocenters. The number of nitrogens with one attached hydrogen (secondary N) is 2. The van der Waals surface area contributed by atoms with Gasteiger partial charge in [0.05, 0.1) is 0 Å². The van der Waals surface area contributed by atoms with E-state index < -0.39 is 30.1 Å². The van der Waals surface area contributed by atoms with Gasteiger partial charge in [0.1, 0.15) is 12.1 Å². The third-order valence-electron chi connectivity index (χ3n) is 6.94. The molecule has 0 radical (unpaired) electrons. The summed E-state index contributed by atoms with van der Waals surface area (Å²) in [6.45, 7) is 4.56. The number of carbonyl (C=O) groups is 3. The van der Waals surface area contributed by atoms with Crippen molar-refractivity contribution in [3.05, 3.63) is 114 Å². The predicted molar refractivity (Wildman–Crippen MR) is 151 cm³/mol. The molecular formula is C32H32F3N3O3. The zero-order valence-electron chi connectivity index (χ0n) is 22.5. The maximum absolute atomic E-state index is 13.9. The summed E-state index contributed by atoms with van der Waals surface area (Å²) < 4.78 is 39.4. The second-order valence-electron chi connectivity index (χ2n) is 10.1. The van der Waals surface area contributed by atoms with Crippen molar-refractivity contribution in [2.24, 2.45) is 0 Å². The molecule has 3 amide bonds. The fourth-order valence-corrected chi connectivity index (χ4v) is 4.97. The minimum atomic E-state index is -5.17. The highest BCUT2D eigenvalue weighted by Crippen LogP contribution is 2.28. The standard InChI is InChI=1S/C32H32F3N3O3/c1-22(19-23-11-4-2-5-12-23)20-27(30(40)38-18-10-16-25-15-8-9-17-28(25)38)36-29(39)26(37-31(41)32(33,34)35)21-24-13-6-3-7-14-24/h2-9,11-15,17,26-27H,1,10,16,18-21H2,(H,36,39)(H,37,41)/t26-,27-/m0/s1. The number of hydrogen-bond acceptors (Lipinski definition) is 3.